The Balaban J connectivity index is 1.47. The molecular weight excluding hydrogens is 508 g/mol. The van der Waals surface area contributed by atoms with Crippen LogP contribution in [0.5, 0.6) is 5.75 Å². The molecule has 0 aliphatic carbocycles. The van der Waals surface area contributed by atoms with Crippen LogP contribution in [0.15, 0.2) is 73.1 Å². The normalized spacial score (nSPS) is 16.7. The molecular formula is C30H32N6O2S. The summed E-state index contributed by atoms with van der Waals surface area (Å²) < 4.78 is 7.57. The van der Waals surface area contributed by atoms with E-state index in [1.54, 1.807) is 13.3 Å². The number of aryl methyl sites for hydroxylation is 2. The van der Waals surface area contributed by atoms with Crippen LogP contribution in [0.4, 0.5) is 5.69 Å². The van der Waals surface area contributed by atoms with Crippen LogP contribution in [-0.4, -0.2) is 44.1 Å². The maximum atomic E-state index is 13.0. The Hall–Kier alpha value is -4.24. The molecule has 8 nitrogen and oxygen atoms in total. The van der Waals surface area contributed by atoms with Crippen molar-refractivity contribution in [3.8, 4) is 11.6 Å². The van der Waals surface area contributed by atoms with E-state index in [0.717, 1.165) is 34.0 Å². The lowest BCUT2D eigenvalue weighted by molar-refractivity contribution is -0.116. The number of rotatable bonds is 8. The lowest BCUT2D eigenvalue weighted by Gasteiger charge is -2.28. The molecule has 0 saturated carbocycles. The minimum absolute atomic E-state index is 0.114. The van der Waals surface area contributed by atoms with Crippen molar-refractivity contribution in [2.45, 2.75) is 39.3 Å². The fourth-order valence-corrected chi connectivity index (χ4v) is 5.62. The number of nitrogens with one attached hydrogen (secondary N) is 2. The highest BCUT2D eigenvalue weighted by molar-refractivity contribution is 7.80. The second kappa shape index (κ2) is 11.2. The molecule has 0 unspecified atom stereocenters. The van der Waals surface area contributed by atoms with Gasteiger partial charge in [0.25, 0.3) is 0 Å². The number of hydrogen-bond acceptors (Lipinski definition) is 5. The van der Waals surface area contributed by atoms with Crippen LogP contribution in [0.25, 0.3) is 5.82 Å². The summed E-state index contributed by atoms with van der Waals surface area (Å²) >= 11 is 5.83. The number of benzene rings is 1. The predicted octanol–water partition coefficient (Wildman–Crippen LogP) is 5.20. The van der Waals surface area contributed by atoms with E-state index >= 15 is 0 Å². The molecule has 39 heavy (non-hydrogen) atoms. The van der Waals surface area contributed by atoms with E-state index in [2.05, 4.69) is 63.0 Å². The molecule has 9 heteroatoms. The lowest BCUT2D eigenvalue weighted by Crippen LogP contribution is -2.33. The van der Waals surface area contributed by atoms with Gasteiger partial charge in [-0.05, 0) is 80.5 Å². The number of pyridine rings is 2. The fourth-order valence-electron chi connectivity index (χ4n) is 5.29. The summed E-state index contributed by atoms with van der Waals surface area (Å²) in [5.74, 6) is 1.41. The molecule has 2 atom stereocenters. The number of amides is 1. The smallest absolute Gasteiger partial charge is 0.226 e. The van der Waals surface area contributed by atoms with Gasteiger partial charge in [-0.15, -0.1) is 0 Å². The third-order valence-electron chi connectivity index (χ3n) is 7.14. The average Bonchev–Trinajstić information content (AvgIpc) is 3.42. The molecule has 4 heterocycles. The van der Waals surface area contributed by atoms with Crippen molar-refractivity contribution in [1.29, 1.82) is 0 Å². The first-order valence-electron chi connectivity index (χ1n) is 12.9. The Morgan fingerprint density at radius 3 is 2.56 bits per heavy atom. The molecule has 1 aliphatic rings. The Morgan fingerprint density at radius 2 is 1.82 bits per heavy atom. The summed E-state index contributed by atoms with van der Waals surface area (Å²) in [5.41, 5.74) is 5.91. The number of methoxy groups -OCH3 is 1. The number of hydrogen-bond donors (Lipinski definition) is 2. The summed E-state index contributed by atoms with van der Waals surface area (Å²) in [6, 6.07) is 19.2. The molecule has 5 rings (SSSR count). The summed E-state index contributed by atoms with van der Waals surface area (Å²) in [6.45, 7) is 6.70. The lowest BCUT2D eigenvalue weighted by atomic mass is 9.96. The van der Waals surface area contributed by atoms with Crippen molar-refractivity contribution in [3.63, 3.8) is 0 Å². The molecule has 0 bridgehead atoms. The van der Waals surface area contributed by atoms with Crippen LogP contribution < -0.4 is 15.4 Å². The first kappa shape index (κ1) is 26.4. The molecule has 1 amide bonds. The van der Waals surface area contributed by atoms with E-state index in [1.807, 2.05) is 54.7 Å². The van der Waals surface area contributed by atoms with E-state index in [9.17, 15) is 4.79 Å². The number of nitrogens with zero attached hydrogens (tertiary/aromatic N) is 4. The number of carbonyl (C=O) groups is 1. The third kappa shape index (κ3) is 5.22. The molecule has 1 aromatic carbocycles. The number of para-hydroxylation sites is 2. The first-order chi connectivity index (χ1) is 18.9. The first-order valence-corrected chi connectivity index (χ1v) is 13.3. The topological polar surface area (TPSA) is 84.3 Å². The summed E-state index contributed by atoms with van der Waals surface area (Å²) in [6.07, 6.45) is 3.86. The molecule has 1 aliphatic heterocycles. The number of aromatic nitrogens is 3. The van der Waals surface area contributed by atoms with Gasteiger partial charge in [0.15, 0.2) is 5.11 Å². The Labute approximate surface area is 234 Å². The van der Waals surface area contributed by atoms with Crippen molar-refractivity contribution in [1.82, 2.24) is 24.8 Å². The fraction of sp³-hybridized carbons (Fsp3) is 0.267. The monoisotopic (exact) mass is 540 g/mol. The SMILES string of the molecule is COc1ccccc1NC(=O)CCN1C(=S)N[C@@H](c2ccccn2)[C@@H]1c1cc(C)n(-c2ncccc2C)c1C. The molecule has 4 aromatic rings. The Bertz CT molecular complexity index is 1500. The highest BCUT2D eigenvalue weighted by atomic mass is 32.1. The zero-order chi connectivity index (χ0) is 27.5. The minimum Gasteiger partial charge on any atom is -0.495 e. The number of ether oxygens (including phenoxy) is 1. The van der Waals surface area contributed by atoms with Crippen LogP contribution >= 0.6 is 12.2 Å². The minimum atomic E-state index is -0.172. The number of anilines is 1. The summed E-state index contributed by atoms with van der Waals surface area (Å²) in [4.78, 5) is 24.4. The van der Waals surface area contributed by atoms with Gasteiger partial charge < -0.3 is 24.8 Å². The molecule has 0 spiro atoms. The zero-order valence-corrected chi connectivity index (χ0v) is 23.3. The van der Waals surface area contributed by atoms with Gasteiger partial charge in [0.1, 0.15) is 11.6 Å². The van der Waals surface area contributed by atoms with Gasteiger partial charge in [-0.25, -0.2) is 4.98 Å². The van der Waals surface area contributed by atoms with Crippen molar-refractivity contribution in [2.75, 3.05) is 19.0 Å². The average molecular weight is 541 g/mol. The molecule has 2 N–H and O–H groups in total. The van der Waals surface area contributed by atoms with Gasteiger partial charge >= 0.3 is 0 Å². The molecule has 200 valence electrons. The van der Waals surface area contributed by atoms with Gasteiger partial charge in [-0.2, -0.15) is 0 Å². The van der Waals surface area contributed by atoms with Gasteiger partial charge in [-0.1, -0.05) is 24.3 Å². The van der Waals surface area contributed by atoms with E-state index in [0.29, 0.717) is 23.1 Å². The second-order valence-electron chi connectivity index (χ2n) is 9.62. The predicted molar refractivity (Wildman–Crippen MR) is 156 cm³/mol. The van der Waals surface area contributed by atoms with Crippen molar-refractivity contribution < 1.29 is 9.53 Å². The second-order valence-corrected chi connectivity index (χ2v) is 10.0. The maximum Gasteiger partial charge on any atom is 0.226 e. The van der Waals surface area contributed by atoms with Crippen LogP contribution in [0.3, 0.4) is 0 Å². The number of carbonyl (C=O) groups excluding carboxylic acids is 1. The third-order valence-corrected chi connectivity index (χ3v) is 7.49. The molecule has 1 fully saturated rings. The van der Waals surface area contributed by atoms with Crippen LogP contribution in [-0.2, 0) is 4.79 Å². The van der Waals surface area contributed by atoms with Crippen molar-refractivity contribution >= 4 is 28.9 Å². The largest absolute Gasteiger partial charge is 0.495 e. The molecule has 1 saturated heterocycles. The molecule has 3 aromatic heterocycles. The maximum absolute atomic E-state index is 13.0. The summed E-state index contributed by atoms with van der Waals surface area (Å²) in [5, 5.41) is 7.05. The van der Waals surface area contributed by atoms with Crippen molar-refractivity contribution in [2.24, 2.45) is 0 Å². The quantitative estimate of drug-likeness (QED) is 0.297. The van der Waals surface area contributed by atoms with E-state index < -0.39 is 0 Å². The van der Waals surface area contributed by atoms with E-state index in [1.165, 1.54) is 0 Å². The zero-order valence-electron chi connectivity index (χ0n) is 22.5. The highest BCUT2D eigenvalue weighted by Gasteiger charge is 2.41. The van der Waals surface area contributed by atoms with Gasteiger partial charge in [0, 0.05) is 36.7 Å². The van der Waals surface area contributed by atoms with Gasteiger partial charge in [0.2, 0.25) is 5.91 Å². The van der Waals surface area contributed by atoms with E-state index in [4.69, 9.17) is 17.0 Å². The van der Waals surface area contributed by atoms with Crippen LogP contribution in [0.2, 0.25) is 0 Å². The van der Waals surface area contributed by atoms with Crippen LogP contribution in [0, 0.1) is 20.8 Å². The Kier molecular flexibility index (Phi) is 7.60. The summed E-state index contributed by atoms with van der Waals surface area (Å²) in [7, 11) is 1.59. The standard InChI is InChI=1S/C30H32N6O2S/c1-19-10-9-16-32-29(19)36-20(2)18-22(21(36)3)28-27(24-12-7-8-15-31-24)34-30(39)35(28)17-14-26(37)33-23-11-5-6-13-25(23)38-4/h5-13,15-16,18,27-28H,14,17H2,1-4H3,(H,33,37)(H,34,39)/t27-,28-/m0/s1. The Morgan fingerprint density at radius 1 is 1.05 bits per heavy atom. The molecule has 0 radical (unpaired) electrons. The highest BCUT2D eigenvalue weighted by Crippen LogP contribution is 2.41. The van der Waals surface area contributed by atoms with Gasteiger partial charge in [-0.3, -0.25) is 9.78 Å². The van der Waals surface area contributed by atoms with Crippen molar-refractivity contribution in [3.05, 3.63) is 101 Å². The van der Waals surface area contributed by atoms with E-state index in [-0.39, 0.29) is 24.4 Å². The number of thiocarbonyl (C=S) groups is 1. The van der Waals surface area contributed by atoms with Crippen LogP contribution in [0.1, 0.15) is 46.7 Å². The van der Waals surface area contributed by atoms with Gasteiger partial charge in [0.05, 0.1) is 30.6 Å².